The van der Waals surface area contributed by atoms with Gasteiger partial charge in [-0.1, -0.05) is 188 Å². The summed E-state index contributed by atoms with van der Waals surface area (Å²) in [6, 6.07) is 93.6. The lowest BCUT2D eigenvalue weighted by Crippen LogP contribution is -2.04. The Kier molecular flexibility index (Phi) is 10.00. The second-order valence-corrected chi connectivity index (χ2v) is 20.2. The summed E-state index contributed by atoms with van der Waals surface area (Å²) in [5, 5.41) is 7.18. The smallest absolute Gasteiger partial charge is 0.166 e. The number of aromatic nitrogens is 5. The van der Waals surface area contributed by atoms with E-state index in [0.29, 0.717) is 17.5 Å². The van der Waals surface area contributed by atoms with Gasteiger partial charge in [-0.3, -0.25) is 0 Å². The maximum atomic E-state index is 5.45. The van der Waals surface area contributed by atoms with Crippen LogP contribution in [0.15, 0.2) is 261 Å². The van der Waals surface area contributed by atoms with Crippen LogP contribution in [0.2, 0.25) is 0 Å². The van der Waals surface area contributed by atoms with E-state index in [1.165, 1.54) is 58.6 Å². The normalized spacial score (nSPS) is 11.7. The third-order valence-corrected chi connectivity index (χ3v) is 15.9. The molecular weight excluding hydrogens is 931 g/mol. The zero-order valence-electron chi connectivity index (χ0n) is 40.5. The zero-order chi connectivity index (χ0) is 49.4. The van der Waals surface area contributed by atoms with Crippen molar-refractivity contribution in [3.05, 3.63) is 261 Å². The molecule has 4 heterocycles. The number of hydrogen-bond donors (Lipinski definition) is 0. The van der Waals surface area contributed by atoms with Crippen molar-refractivity contribution in [1.82, 2.24) is 24.1 Å². The van der Waals surface area contributed by atoms with Crippen LogP contribution >= 0.6 is 11.3 Å². The van der Waals surface area contributed by atoms with Gasteiger partial charge in [0.25, 0.3) is 0 Å². The third-order valence-electron chi connectivity index (χ3n) is 14.8. The minimum Gasteiger partial charge on any atom is -0.309 e. The number of nitrogens with zero attached hydrogens (tertiary/aromatic N) is 5. The van der Waals surface area contributed by atoms with Crippen LogP contribution in [0, 0.1) is 0 Å². The van der Waals surface area contributed by atoms with E-state index in [1.54, 1.807) is 0 Å². The van der Waals surface area contributed by atoms with Gasteiger partial charge in [0.2, 0.25) is 0 Å². The van der Waals surface area contributed by atoms with E-state index in [0.717, 1.165) is 66.6 Å². The lowest BCUT2D eigenvalue weighted by atomic mass is 9.95. The summed E-state index contributed by atoms with van der Waals surface area (Å²) in [5.74, 6) is 1.84. The van der Waals surface area contributed by atoms with Crippen LogP contribution in [0.4, 0.5) is 0 Å². The van der Waals surface area contributed by atoms with Crippen molar-refractivity contribution in [2.45, 2.75) is 0 Å². The fourth-order valence-electron chi connectivity index (χ4n) is 11.4. The number of para-hydroxylation sites is 2. The molecule has 0 bridgehead atoms. The van der Waals surface area contributed by atoms with Gasteiger partial charge in [0, 0.05) is 64.1 Å². The van der Waals surface area contributed by atoms with Crippen LogP contribution < -0.4 is 0 Å². The standard InChI is InChI=1S/C69H43N5S/c1-5-19-44(20-6-1)47-35-38-55-61(42-47)73(50-25-11-4-12-26-50)59-32-17-29-53(66(55)59)52-30-18-33-60-65(52)54-28-13-15-31-58(54)74(60)62-43-48(45-21-7-2-8-22-45)36-39-56(62)69-71-67(46-23-9-3-10-24-46)70-68(72-69)49-37-40-64-57(41-49)51-27-14-16-34-63(51)75-64/h1-43H. The fourth-order valence-corrected chi connectivity index (χ4v) is 12.5. The van der Waals surface area contributed by atoms with Crippen LogP contribution in [0.3, 0.4) is 0 Å². The summed E-state index contributed by atoms with van der Waals surface area (Å²) in [5.41, 5.74) is 16.3. The van der Waals surface area contributed by atoms with Gasteiger partial charge in [-0.2, -0.15) is 0 Å². The summed E-state index contributed by atoms with van der Waals surface area (Å²) in [7, 11) is 0. The average molecular weight is 974 g/mol. The first-order valence-corrected chi connectivity index (χ1v) is 26.2. The Labute approximate surface area is 436 Å². The van der Waals surface area contributed by atoms with Crippen LogP contribution in [0.5, 0.6) is 0 Å². The second-order valence-electron chi connectivity index (χ2n) is 19.1. The predicted octanol–water partition coefficient (Wildman–Crippen LogP) is 18.4. The topological polar surface area (TPSA) is 48.5 Å². The molecule has 0 aliphatic heterocycles. The molecule has 0 aliphatic rings. The summed E-state index contributed by atoms with van der Waals surface area (Å²) in [6.07, 6.45) is 0. The Bertz CT molecular complexity index is 4690. The Balaban J connectivity index is 0.991. The molecule has 0 unspecified atom stereocenters. The van der Waals surface area contributed by atoms with Crippen LogP contribution in [0.1, 0.15) is 0 Å². The van der Waals surface area contributed by atoms with Crippen molar-refractivity contribution in [1.29, 1.82) is 0 Å². The first-order chi connectivity index (χ1) is 37.2. The van der Waals surface area contributed by atoms with E-state index in [1.807, 2.05) is 29.5 Å². The van der Waals surface area contributed by atoms with Gasteiger partial charge in [-0.15, -0.1) is 11.3 Å². The van der Waals surface area contributed by atoms with Gasteiger partial charge in [0.05, 0.1) is 27.8 Å². The summed E-state index contributed by atoms with van der Waals surface area (Å²) in [4.78, 5) is 16.1. The first kappa shape index (κ1) is 42.9. The van der Waals surface area contributed by atoms with Crippen LogP contribution in [-0.4, -0.2) is 24.1 Å². The van der Waals surface area contributed by atoms with E-state index in [2.05, 4.69) is 252 Å². The molecule has 4 aromatic heterocycles. The van der Waals surface area contributed by atoms with Gasteiger partial charge in [0.15, 0.2) is 17.5 Å². The van der Waals surface area contributed by atoms with Crippen molar-refractivity contribution >= 4 is 75.1 Å². The highest BCUT2D eigenvalue weighted by atomic mass is 32.1. The molecule has 0 radical (unpaired) electrons. The molecule has 0 atom stereocenters. The molecule has 0 amide bonds. The number of fused-ring (bicyclic) bond motifs is 9. The first-order valence-electron chi connectivity index (χ1n) is 25.3. The van der Waals surface area contributed by atoms with Gasteiger partial charge < -0.3 is 9.13 Å². The molecule has 0 fully saturated rings. The molecule has 75 heavy (non-hydrogen) atoms. The SMILES string of the molecule is c1ccc(-c2ccc(-c3nc(-c4ccccc4)nc(-c4ccc5sc6ccccc6c5c4)n3)c(-n3c4ccccc4c4c(-c5cccc6c5c5ccc(-c7ccccc7)cc5n6-c5ccccc5)cccc43)c2)cc1. The van der Waals surface area contributed by atoms with E-state index in [-0.39, 0.29) is 0 Å². The van der Waals surface area contributed by atoms with E-state index in [9.17, 15) is 0 Å². The van der Waals surface area contributed by atoms with Crippen LogP contribution in [0.25, 0.3) is 143 Å². The molecule has 0 saturated carbocycles. The molecule has 6 heteroatoms. The lowest BCUT2D eigenvalue weighted by molar-refractivity contribution is 1.07. The Morgan fingerprint density at radius 1 is 0.267 bits per heavy atom. The number of thiophene rings is 1. The molecular formula is C69H43N5S. The van der Waals surface area contributed by atoms with Crippen molar-refractivity contribution in [2.24, 2.45) is 0 Å². The molecule has 15 aromatic rings. The number of benzene rings is 11. The average Bonchev–Trinajstić information content (AvgIpc) is 4.16. The molecule has 0 spiro atoms. The van der Waals surface area contributed by atoms with E-state index in [4.69, 9.17) is 15.0 Å². The number of rotatable bonds is 8. The van der Waals surface area contributed by atoms with Crippen molar-refractivity contribution < 1.29 is 0 Å². The Hall–Kier alpha value is -9.75. The van der Waals surface area contributed by atoms with E-state index < -0.39 is 0 Å². The molecule has 0 N–H and O–H groups in total. The lowest BCUT2D eigenvalue weighted by Gasteiger charge is -2.17. The quantitative estimate of drug-likeness (QED) is 0.152. The predicted molar refractivity (Wildman–Crippen MR) is 314 cm³/mol. The maximum absolute atomic E-state index is 5.45. The second kappa shape index (κ2) is 17.5. The van der Waals surface area contributed by atoms with E-state index >= 15 is 0 Å². The third kappa shape index (κ3) is 7.10. The van der Waals surface area contributed by atoms with Gasteiger partial charge in [-0.05, 0) is 106 Å². The highest BCUT2D eigenvalue weighted by Crippen LogP contribution is 2.46. The Morgan fingerprint density at radius 3 is 1.48 bits per heavy atom. The summed E-state index contributed by atoms with van der Waals surface area (Å²) >= 11 is 1.81. The highest BCUT2D eigenvalue weighted by Gasteiger charge is 2.24. The molecule has 0 saturated heterocycles. The minimum atomic E-state index is 0.596. The Morgan fingerprint density at radius 2 is 0.773 bits per heavy atom. The van der Waals surface area contributed by atoms with Gasteiger partial charge in [0.1, 0.15) is 0 Å². The maximum Gasteiger partial charge on any atom is 0.166 e. The molecule has 0 aliphatic carbocycles. The summed E-state index contributed by atoms with van der Waals surface area (Å²) < 4.78 is 7.36. The molecule has 11 aromatic carbocycles. The van der Waals surface area contributed by atoms with Crippen molar-refractivity contribution in [2.75, 3.05) is 0 Å². The molecule has 5 nitrogen and oxygen atoms in total. The van der Waals surface area contributed by atoms with Crippen molar-refractivity contribution in [3.8, 4) is 78.9 Å². The monoisotopic (exact) mass is 973 g/mol. The van der Waals surface area contributed by atoms with Crippen LogP contribution in [-0.2, 0) is 0 Å². The van der Waals surface area contributed by atoms with Gasteiger partial charge in [-0.25, -0.2) is 15.0 Å². The van der Waals surface area contributed by atoms with Gasteiger partial charge >= 0.3 is 0 Å². The minimum absolute atomic E-state index is 0.596. The number of hydrogen-bond acceptors (Lipinski definition) is 4. The molecule has 15 rings (SSSR count). The highest BCUT2D eigenvalue weighted by molar-refractivity contribution is 7.25. The van der Waals surface area contributed by atoms with Crippen molar-refractivity contribution in [3.63, 3.8) is 0 Å². The largest absolute Gasteiger partial charge is 0.309 e. The summed E-state index contributed by atoms with van der Waals surface area (Å²) in [6.45, 7) is 0. The molecule has 350 valence electrons. The fraction of sp³-hybridized carbons (Fsp3) is 0. The zero-order valence-corrected chi connectivity index (χ0v) is 41.3.